The van der Waals surface area contributed by atoms with Gasteiger partial charge in [0.1, 0.15) is 10.8 Å². The number of thiophene rings is 1. The largest absolute Gasteiger partial charge is 0.490 e. The Hall–Kier alpha value is -2.48. The first-order valence-corrected chi connectivity index (χ1v) is 12.4. The quantitative estimate of drug-likeness (QED) is 0.324. The van der Waals surface area contributed by atoms with E-state index in [4.69, 9.17) is 32.4 Å². The second-order valence-electron chi connectivity index (χ2n) is 7.75. The van der Waals surface area contributed by atoms with Crippen molar-refractivity contribution in [3.05, 3.63) is 67.9 Å². The molecule has 9 heteroatoms. The van der Waals surface area contributed by atoms with Gasteiger partial charge in [0.2, 0.25) is 0 Å². The molecule has 33 heavy (non-hydrogen) atoms. The summed E-state index contributed by atoms with van der Waals surface area (Å²) in [5.41, 5.74) is 1.82. The Morgan fingerprint density at radius 1 is 1.18 bits per heavy atom. The molecule has 1 aromatic carbocycles. The third kappa shape index (κ3) is 5.37. The lowest BCUT2D eigenvalue weighted by atomic mass is 10.1. The van der Waals surface area contributed by atoms with Crippen molar-refractivity contribution in [3.63, 3.8) is 0 Å². The van der Waals surface area contributed by atoms with Crippen molar-refractivity contribution < 1.29 is 18.7 Å². The maximum absolute atomic E-state index is 13.0. The molecule has 3 aromatic rings. The lowest BCUT2D eigenvalue weighted by Gasteiger charge is -2.12. The average Bonchev–Trinajstić information content (AvgIpc) is 3.51. The molecular weight excluding hydrogens is 483 g/mol. The summed E-state index contributed by atoms with van der Waals surface area (Å²) in [4.78, 5) is 27.2. The predicted octanol–water partition coefficient (Wildman–Crippen LogP) is 6.50. The van der Waals surface area contributed by atoms with Crippen LogP contribution in [0.3, 0.4) is 0 Å². The van der Waals surface area contributed by atoms with Gasteiger partial charge in [-0.05, 0) is 55.5 Å². The van der Waals surface area contributed by atoms with Crippen LogP contribution in [0.4, 0.5) is 5.00 Å². The highest BCUT2D eigenvalue weighted by Gasteiger charge is 2.28. The molecule has 0 fully saturated rings. The number of fused-ring (bicyclic) bond motifs is 1. The number of aryl methyl sites for hydroxylation is 1. The van der Waals surface area contributed by atoms with Crippen LogP contribution in [0.2, 0.25) is 10.0 Å². The van der Waals surface area contributed by atoms with E-state index in [1.807, 2.05) is 0 Å². The van der Waals surface area contributed by atoms with Crippen LogP contribution in [0.25, 0.3) is 0 Å². The van der Waals surface area contributed by atoms with Crippen LogP contribution in [-0.4, -0.2) is 18.4 Å². The molecule has 2 amide bonds. The molecule has 0 aliphatic heterocycles. The van der Waals surface area contributed by atoms with Crippen molar-refractivity contribution >= 4 is 51.4 Å². The van der Waals surface area contributed by atoms with Gasteiger partial charge in [-0.25, -0.2) is 0 Å². The molecule has 2 aromatic heterocycles. The second kappa shape index (κ2) is 10.6. The zero-order valence-corrected chi connectivity index (χ0v) is 20.5. The van der Waals surface area contributed by atoms with Crippen molar-refractivity contribution in [2.75, 3.05) is 11.9 Å². The first-order valence-electron chi connectivity index (χ1n) is 10.9. The lowest BCUT2D eigenvalue weighted by molar-refractivity contribution is 0.0948. The first-order chi connectivity index (χ1) is 16.0. The Bertz CT molecular complexity index is 1130. The van der Waals surface area contributed by atoms with E-state index in [2.05, 4.69) is 17.6 Å². The van der Waals surface area contributed by atoms with E-state index in [0.717, 1.165) is 42.5 Å². The van der Waals surface area contributed by atoms with Gasteiger partial charge < -0.3 is 19.8 Å². The van der Waals surface area contributed by atoms with E-state index in [9.17, 15) is 9.59 Å². The van der Waals surface area contributed by atoms with Crippen LogP contribution in [0.15, 0.2) is 34.9 Å². The van der Waals surface area contributed by atoms with Crippen molar-refractivity contribution in [2.45, 2.75) is 45.6 Å². The molecule has 0 radical (unpaired) electrons. The van der Waals surface area contributed by atoms with E-state index in [1.54, 1.807) is 18.4 Å². The summed E-state index contributed by atoms with van der Waals surface area (Å²) in [5, 5.41) is 6.85. The number of anilines is 1. The number of rotatable bonds is 9. The topological polar surface area (TPSA) is 80.6 Å². The number of carbonyl (C=O) groups excluding carboxylic acids is 2. The summed E-state index contributed by atoms with van der Waals surface area (Å²) in [5.74, 6) is 0.401. The van der Waals surface area contributed by atoms with Crippen molar-refractivity contribution in [2.24, 2.45) is 0 Å². The SMILES string of the molecule is CCCCOc1c(Cl)cc(C(=O)Nc2sc3c(c2C(=O)NCc2ccco2)CCC3)cc1Cl. The molecule has 2 heterocycles. The van der Waals surface area contributed by atoms with E-state index in [1.165, 1.54) is 23.5 Å². The molecular formula is C24H24Cl2N2O4S. The molecule has 1 aliphatic rings. The van der Waals surface area contributed by atoms with Gasteiger partial charge in [-0.15, -0.1) is 11.3 Å². The molecule has 0 saturated heterocycles. The van der Waals surface area contributed by atoms with Gasteiger partial charge in [0, 0.05) is 10.4 Å². The Morgan fingerprint density at radius 3 is 2.67 bits per heavy atom. The molecule has 0 atom stereocenters. The van der Waals surface area contributed by atoms with Gasteiger partial charge in [-0.3, -0.25) is 9.59 Å². The van der Waals surface area contributed by atoms with Gasteiger partial charge >= 0.3 is 0 Å². The molecule has 6 nitrogen and oxygen atoms in total. The zero-order valence-electron chi connectivity index (χ0n) is 18.1. The first kappa shape index (κ1) is 23.7. The fourth-order valence-electron chi connectivity index (χ4n) is 3.72. The average molecular weight is 507 g/mol. The number of hydrogen-bond acceptors (Lipinski definition) is 5. The standard InChI is InChI=1S/C24H24Cl2N2O4S/c1-2-3-9-32-21-17(25)11-14(12-18(21)26)22(29)28-24-20(16-7-4-8-19(16)33-24)23(30)27-13-15-6-5-10-31-15/h5-6,10-12H,2-4,7-9,13H2,1H3,(H,27,30)(H,28,29). The van der Waals surface area contributed by atoms with Gasteiger partial charge in [0.15, 0.2) is 5.75 Å². The van der Waals surface area contributed by atoms with Crippen LogP contribution >= 0.6 is 34.5 Å². The van der Waals surface area contributed by atoms with Crippen LogP contribution in [0.5, 0.6) is 5.75 Å². The van der Waals surface area contributed by atoms with Crippen molar-refractivity contribution in [1.82, 2.24) is 5.32 Å². The molecule has 1 aliphatic carbocycles. The maximum atomic E-state index is 13.0. The van der Waals surface area contributed by atoms with Gasteiger partial charge in [-0.2, -0.15) is 0 Å². The van der Waals surface area contributed by atoms with E-state index in [0.29, 0.717) is 34.2 Å². The fourth-order valence-corrected chi connectivity index (χ4v) is 5.60. The van der Waals surface area contributed by atoms with Crippen LogP contribution in [0.1, 0.15) is 63.1 Å². The second-order valence-corrected chi connectivity index (χ2v) is 9.67. The monoisotopic (exact) mass is 506 g/mol. The van der Waals surface area contributed by atoms with E-state index in [-0.39, 0.29) is 28.4 Å². The van der Waals surface area contributed by atoms with Crippen molar-refractivity contribution in [3.8, 4) is 5.75 Å². The number of amides is 2. The van der Waals surface area contributed by atoms with Crippen molar-refractivity contribution in [1.29, 1.82) is 0 Å². The van der Waals surface area contributed by atoms with Gasteiger partial charge in [0.25, 0.3) is 11.8 Å². The summed E-state index contributed by atoms with van der Waals surface area (Å²) >= 11 is 14.1. The smallest absolute Gasteiger partial charge is 0.256 e. The Morgan fingerprint density at radius 2 is 1.97 bits per heavy atom. The molecule has 0 unspecified atom stereocenters. The predicted molar refractivity (Wildman–Crippen MR) is 131 cm³/mol. The summed E-state index contributed by atoms with van der Waals surface area (Å²) in [7, 11) is 0. The molecule has 4 rings (SSSR count). The van der Waals surface area contributed by atoms with Gasteiger partial charge in [0.05, 0.1) is 35.0 Å². The number of nitrogens with one attached hydrogen (secondary N) is 2. The van der Waals surface area contributed by atoms with E-state index >= 15 is 0 Å². The number of hydrogen-bond donors (Lipinski definition) is 2. The highest BCUT2D eigenvalue weighted by Crippen LogP contribution is 2.40. The molecule has 174 valence electrons. The third-order valence-corrected chi connectivity index (χ3v) is 7.15. The Kier molecular flexibility index (Phi) is 7.63. The normalized spacial score (nSPS) is 12.5. The van der Waals surface area contributed by atoms with Gasteiger partial charge in [-0.1, -0.05) is 36.5 Å². The fraction of sp³-hybridized carbons (Fsp3) is 0.333. The minimum Gasteiger partial charge on any atom is -0.490 e. The van der Waals surface area contributed by atoms with Crippen LogP contribution < -0.4 is 15.4 Å². The maximum Gasteiger partial charge on any atom is 0.256 e. The summed E-state index contributed by atoms with van der Waals surface area (Å²) in [6, 6.07) is 6.62. The minimum absolute atomic E-state index is 0.239. The number of unbranched alkanes of at least 4 members (excludes halogenated alkanes) is 1. The minimum atomic E-state index is -0.390. The Balaban J connectivity index is 1.53. The van der Waals surface area contributed by atoms with Crippen LogP contribution in [-0.2, 0) is 19.4 Å². The number of halogens is 2. The highest BCUT2D eigenvalue weighted by atomic mass is 35.5. The number of benzene rings is 1. The van der Waals surface area contributed by atoms with E-state index < -0.39 is 0 Å². The number of carbonyl (C=O) groups is 2. The lowest BCUT2D eigenvalue weighted by Crippen LogP contribution is -2.25. The molecule has 0 bridgehead atoms. The molecule has 0 spiro atoms. The summed E-state index contributed by atoms with van der Waals surface area (Å²) in [6.07, 6.45) is 6.13. The highest BCUT2D eigenvalue weighted by molar-refractivity contribution is 7.17. The molecule has 2 N–H and O–H groups in total. The number of furan rings is 1. The number of ether oxygens (including phenoxy) is 1. The third-order valence-electron chi connectivity index (χ3n) is 5.38. The summed E-state index contributed by atoms with van der Waals surface area (Å²) < 4.78 is 10.9. The van der Waals surface area contributed by atoms with Crippen LogP contribution in [0, 0.1) is 0 Å². The zero-order chi connectivity index (χ0) is 23.4. The molecule has 0 saturated carbocycles. The summed E-state index contributed by atoms with van der Waals surface area (Å²) in [6.45, 7) is 2.83. The Labute approximate surface area is 206 Å².